The first-order valence-corrected chi connectivity index (χ1v) is 6.20. The molecule has 0 aromatic heterocycles. The molecule has 2 rings (SSSR count). The van der Waals surface area contributed by atoms with E-state index in [0.29, 0.717) is 0 Å². The van der Waals surface area contributed by atoms with Gasteiger partial charge < -0.3 is 9.64 Å². The minimum atomic E-state index is 0.752. The van der Waals surface area contributed by atoms with E-state index < -0.39 is 0 Å². The zero-order valence-corrected chi connectivity index (χ0v) is 10.5. The fourth-order valence-corrected chi connectivity index (χ4v) is 2.35. The molecule has 1 aliphatic rings. The van der Waals surface area contributed by atoms with Crippen LogP contribution in [0.3, 0.4) is 0 Å². The van der Waals surface area contributed by atoms with E-state index in [9.17, 15) is 0 Å². The molecule has 2 heteroatoms. The number of fused-ring (bicyclic) bond motifs is 1. The summed E-state index contributed by atoms with van der Waals surface area (Å²) in [6.07, 6.45) is 2.23. The van der Waals surface area contributed by atoms with Gasteiger partial charge in [-0.2, -0.15) is 0 Å². The largest absolute Gasteiger partial charge is 0.494 e. The van der Waals surface area contributed by atoms with Gasteiger partial charge >= 0.3 is 0 Å². The molecule has 1 aliphatic heterocycles. The van der Waals surface area contributed by atoms with E-state index in [-0.39, 0.29) is 0 Å². The first-order valence-electron chi connectivity index (χ1n) is 6.20. The van der Waals surface area contributed by atoms with Gasteiger partial charge in [0.1, 0.15) is 5.75 Å². The van der Waals surface area contributed by atoms with Gasteiger partial charge in [-0.3, -0.25) is 0 Å². The van der Waals surface area contributed by atoms with E-state index in [1.54, 1.807) is 0 Å². The van der Waals surface area contributed by atoms with Gasteiger partial charge in [-0.05, 0) is 49.6 Å². The molecule has 0 amide bonds. The molecule has 1 heterocycles. The number of benzene rings is 1. The van der Waals surface area contributed by atoms with Crippen molar-refractivity contribution < 1.29 is 4.74 Å². The number of likely N-dealkylation sites (N-methyl/N-ethyl adjacent to an activating group) is 1. The van der Waals surface area contributed by atoms with E-state index in [2.05, 4.69) is 31.0 Å². The summed E-state index contributed by atoms with van der Waals surface area (Å²) in [6, 6.07) is 4.58. The van der Waals surface area contributed by atoms with Crippen molar-refractivity contribution in [1.82, 2.24) is 4.90 Å². The number of rotatable bonds is 3. The van der Waals surface area contributed by atoms with Gasteiger partial charge in [-0.15, -0.1) is 0 Å². The second kappa shape index (κ2) is 4.88. The van der Waals surface area contributed by atoms with Crippen LogP contribution in [0.25, 0.3) is 0 Å². The van der Waals surface area contributed by atoms with Gasteiger partial charge in [0.05, 0.1) is 6.61 Å². The molecule has 16 heavy (non-hydrogen) atoms. The molecule has 1 aromatic rings. The maximum absolute atomic E-state index is 5.71. The second-order valence-electron chi connectivity index (χ2n) is 4.50. The van der Waals surface area contributed by atoms with Crippen LogP contribution in [-0.2, 0) is 19.4 Å². The molecule has 0 N–H and O–H groups in total. The van der Waals surface area contributed by atoms with Crippen molar-refractivity contribution in [3.8, 4) is 5.75 Å². The molecule has 0 saturated heterocycles. The van der Waals surface area contributed by atoms with E-state index in [1.165, 1.54) is 29.7 Å². The Morgan fingerprint density at radius 1 is 1.25 bits per heavy atom. The third-order valence-electron chi connectivity index (χ3n) is 3.27. The number of nitrogens with zero attached hydrogens (tertiary/aromatic N) is 1. The molecule has 0 bridgehead atoms. The topological polar surface area (TPSA) is 12.5 Å². The second-order valence-corrected chi connectivity index (χ2v) is 4.50. The molecule has 1 aromatic carbocycles. The highest BCUT2D eigenvalue weighted by atomic mass is 16.5. The molecular formula is C14H21NO. The smallest absolute Gasteiger partial charge is 0.122 e. The zero-order chi connectivity index (χ0) is 11.5. The summed E-state index contributed by atoms with van der Waals surface area (Å²) in [4.78, 5) is 2.36. The summed E-state index contributed by atoms with van der Waals surface area (Å²) in [6.45, 7) is 7.22. The number of hydrogen-bond donors (Lipinski definition) is 0. The fraction of sp³-hybridized carbons (Fsp3) is 0.571. The van der Waals surface area contributed by atoms with Crippen LogP contribution in [0.15, 0.2) is 12.1 Å². The van der Waals surface area contributed by atoms with Crippen molar-refractivity contribution in [3.63, 3.8) is 0 Å². The van der Waals surface area contributed by atoms with E-state index in [0.717, 1.165) is 25.3 Å². The predicted octanol–water partition coefficient (Wildman–Crippen LogP) is 2.64. The normalized spacial score (nSPS) is 15.9. The van der Waals surface area contributed by atoms with Crippen LogP contribution < -0.4 is 4.74 Å². The van der Waals surface area contributed by atoms with Crippen molar-refractivity contribution in [2.24, 2.45) is 0 Å². The average Bonchev–Trinajstić information content (AvgIpc) is 2.28. The lowest BCUT2D eigenvalue weighted by Gasteiger charge is -2.26. The van der Waals surface area contributed by atoms with Gasteiger partial charge in [-0.1, -0.05) is 13.0 Å². The predicted molar refractivity (Wildman–Crippen MR) is 67.0 cm³/mol. The lowest BCUT2D eigenvalue weighted by Crippen LogP contribution is -2.26. The first kappa shape index (κ1) is 11.5. The summed E-state index contributed by atoms with van der Waals surface area (Å²) in [5.41, 5.74) is 4.30. The lowest BCUT2D eigenvalue weighted by molar-refractivity contribution is 0.307. The molecule has 0 spiro atoms. The van der Waals surface area contributed by atoms with Gasteiger partial charge in [0.2, 0.25) is 0 Å². The van der Waals surface area contributed by atoms with Crippen LogP contribution in [0, 0.1) is 0 Å². The Morgan fingerprint density at radius 3 is 2.75 bits per heavy atom. The Labute approximate surface area is 98.2 Å². The van der Waals surface area contributed by atoms with Crippen LogP contribution in [-0.4, -0.2) is 25.1 Å². The van der Waals surface area contributed by atoms with E-state index in [1.807, 2.05) is 6.92 Å². The first-order chi connectivity index (χ1) is 7.74. The van der Waals surface area contributed by atoms with Crippen LogP contribution in [0.5, 0.6) is 5.75 Å². The maximum atomic E-state index is 5.71. The number of aryl methyl sites for hydroxylation is 1. The number of ether oxygens (including phenoxy) is 1. The van der Waals surface area contributed by atoms with Crippen molar-refractivity contribution in [3.05, 3.63) is 28.8 Å². The standard InChI is InChI=1S/C14H21NO/c1-4-11-8-12-6-7-15(3)10-13(12)9-14(11)16-5-2/h8-9H,4-7,10H2,1-3H3. The summed E-state index contributed by atoms with van der Waals surface area (Å²) in [7, 11) is 2.18. The van der Waals surface area contributed by atoms with E-state index in [4.69, 9.17) is 4.74 Å². The lowest BCUT2D eigenvalue weighted by atomic mass is 9.96. The highest BCUT2D eigenvalue weighted by Gasteiger charge is 2.15. The van der Waals surface area contributed by atoms with Crippen molar-refractivity contribution >= 4 is 0 Å². The molecule has 0 radical (unpaired) electrons. The minimum Gasteiger partial charge on any atom is -0.494 e. The summed E-state index contributed by atoms with van der Waals surface area (Å²) in [5, 5.41) is 0. The summed E-state index contributed by atoms with van der Waals surface area (Å²) < 4.78 is 5.71. The molecule has 88 valence electrons. The van der Waals surface area contributed by atoms with Crippen LogP contribution in [0.2, 0.25) is 0 Å². The fourth-order valence-electron chi connectivity index (χ4n) is 2.35. The monoisotopic (exact) mass is 219 g/mol. The quantitative estimate of drug-likeness (QED) is 0.775. The SMILES string of the molecule is CCOc1cc2c(cc1CC)CCN(C)C2. The molecule has 0 unspecified atom stereocenters. The van der Waals surface area contributed by atoms with Crippen molar-refractivity contribution in [1.29, 1.82) is 0 Å². The van der Waals surface area contributed by atoms with Gasteiger partial charge in [0.15, 0.2) is 0 Å². The zero-order valence-electron chi connectivity index (χ0n) is 10.5. The Bertz CT molecular complexity index is 362. The van der Waals surface area contributed by atoms with Crippen LogP contribution in [0.1, 0.15) is 30.5 Å². The van der Waals surface area contributed by atoms with Gasteiger partial charge in [0, 0.05) is 13.1 Å². The highest BCUT2D eigenvalue weighted by molar-refractivity contribution is 5.43. The Balaban J connectivity index is 2.36. The molecule has 2 nitrogen and oxygen atoms in total. The Kier molecular flexibility index (Phi) is 3.49. The Morgan fingerprint density at radius 2 is 2.06 bits per heavy atom. The molecule has 0 aliphatic carbocycles. The minimum absolute atomic E-state index is 0.752. The third-order valence-corrected chi connectivity index (χ3v) is 3.27. The molecule has 0 saturated carbocycles. The molecular weight excluding hydrogens is 198 g/mol. The van der Waals surface area contributed by atoms with Crippen LogP contribution >= 0.6 is 0 Å². The van der Waals surface area contributed by atoms with Crippen molar-refractivity contribution in [2.75, 3.05) is 20.2 Å². The highest BCUT2D eigenvalue weighted by Crippen LogP contribution is 2.28. The maximum Gasteiger partial charge on any atom is 0.122 e. The average molecular weight is 219 g/mol. The third kappa shape index (κ3) is 2.22. The van der Waals surface area contributed by atoms with Gasteiger partial charge in [-0.25, -0.2) is 0 Å². The van der Waals surface area contributed by atoms with Crippen LogP contribution in [0.4, 0.5) is 0 Å². The number of hydrogen-bond acceptors (Lipinski definition) is 2. The van der Waals surface area contributed by atoms with Crippen molar-refractivity contribution in [2.45, 2.75) is 33.2 Å². The molecule has 0 atom stereocenters. The van der Waals surface area contributed by atoms with Gasteiger partial charge in [0.25, 0.3) is 0 Å². The summed E-state index contributed by atoms with van der Waals surface area (Å²) >= 11 is 0. The van der Waals surface area contributed by atoms with E-state index >= 15 is 0 Å². The molecule has 0 fully saturated rings. The Hall–Kier alpha value is -1.02. The summed E-state index contributed by atoms with van der Waals surface area (Å²) in [5.74, 6) is 1.08.